The highest BCUT2D eigenvalue weighted by Gasteiger charge is 1.88. The molecule has 0 amide bonds. The quantitative estimate of drug-likeness (QED) is 0.245. The molecule has 0 aliphatic heterocycles. The molecule has 0 unspecified atom stereocenters. The van der Waals surface area contributed by atoms with Gasteiger partial charge in [-0.3, -0.25) is 0 Å². The number of carbonyl (C=O) groups excluding carboxylic acids is 1. The fourth-order valence-corrected chi connectivity index (χ4v) is 1.68. The summed E-state index contributed by atoms with van der Waals surface area (Å²) in [4.78, 5) is 13.1. The maximum absolute atomic E-state index is 9.64. The third-order valence-electron chi connectivity index (χ3n) is 1.43. The van der Waals surface area contributed by atoms with E-state index in [1.807, 2.05) is 0 Å². The van der Waals surface area contributed by atoms with Crippen molar-refractivity contribution < 1.29 is 9.22 Å². The third-order valence-corrected chi connectivity index (χ3v) is 2.63. The van der Waals surface area contributed by atoms with Gasteiger partial charge in [0.25, 0.3) is 0 Å². The fraction of sp³-hybridized carbons (Fsp3) is 0.857. The van der Waals surface area contributed by atoms with Crippen molar-refractivity contribution >= 4 is 15.8 Å². The van der Waals surface area contributed by atoms with Crippen LogP contribution in [-0.2, 0) is 9.22 Å². The van der Waals surface area contributed by atoms with Crippen LogP contribution in [0, 0.1) is 0 Å². The Hall–Kier alpha value is -0.443. The van der Waals surface area contributed by atoms with Gasteiger partial charge in [0, 0.05) is 7.11 Å². The molecule has 0 aromatic carbocycles. The predicted molar refractivity (Wildman–Crippen MR) is 47.2 cm³/mol. The molecule has 0 atom stereocenters. The SMILES string of the molecule is CO[SiH2]CCCCCN=C=O. The van der Waals surface area contributed by atoms with E-state index in [1.165, 1.54) is 18.5 Å². The average Bonchev–Trinajstić information content (AvgIpc) is 2.03. The van der Waals surface area contributed by atoms with Crippen LogP contribution < -0.4 is 0 Å². The van der Waals surface area contributed by atoms with Crippen LogP contribution in [-0.4, -0.2) is 29.5 Å². The van der Waals surface area contributed by atoms with Gasteiger partial charge in [-0.05, 0) is 12.5 Å². The van der Waals surface area contributed by atoms with Gasteiger partial charge >= 0.3 is 0 Å². The molecular formula is C7H15NO2Si. The molecule has 11 heavy (non-hydrogen) atoms. The van der Waals surface area contributed by atoms with Crippen molar-refractivity contribution in [2.24, 2.45) is 4.99 Å². The summed E-state index contributed by atoms with van der Waals surface area (Å²) >= 11 is 0. The lowest BCUT2D eigenvalue weighted by Crippen LogP contribution is -1.92. The molecule has 4 heteroatoms. The van der Waals surface area contributed by atoms with Crippen molar-refractivity contribution in [1.29, 1.82) is 0 Å². The van der Waals surface area contributed by atoms with E-state index >= 15 is 0 Å². The molecule has 0 rings (SSSR count). The monoisotopic (exact) mass is 173 g/mol. The zero-order chi connectivity index (χ0) is 8.36. The molecule has 0 radical (unpaired) electrons. The van der Waals surface area contributed by atoms with Crippen LogP contribution in [0.2, 0.25) is 6.04 Å². The highest BCUT2D eigenvalue weighted by Crippen LogP contribution is 1.99. The zero-order valence-electron chi connectivity index (χ0n) is 7.01. The smallest absolute Gasteiger partial charge is 0.234 e. The molecule has 0 bridgehead atoms. The minimum Gasteiger partial charge on any atom is -0.427 e. The summed E-state index contributed by atoms with van der Waals surface area (Å²) < 4.78 is 5.02. The lowest BCUT2D eigenvalue weighted by atomic mass is 10.2. The van der Waals surface area contributed by atoms with E-state index in [1.54, 1.807) is 7.11 Å². The van der Waals surface area contributed by atoms with Gasteiger partial charge in [-0.15, -0.1) is 0 Å². The Balaban J connectivity index is 2.84. The van der Waals surface area contributed by atoms with Crippen LogP contribution in [0.15, 0.2) is 4.99 Å². The zero-order valence-corrected chi connectivity index (χ0v) is 8.42. The van der Waals surface area contributed by atoms with Crippen LogP contribution in [0.4, 0.5) is 0 Å². The van der Waals surface area contributed by atoms with E-state index in [0.29, 0.717) is 6.54 Å². The maximum Gasteiger partial charge on any atom is 0.234 e. The first-order valence-electron chi connectivity index (χ1n) is 3.94. The number of aliphatic imine (C=N–C) groups is 1. The summed E-state index contributed by atoms with van der Waals surface area (Å²) in [5.74, 6) is 0. The Morgan fingerprint density at radius 1 is 1.45 bits per heavy atom. The Labute approximate surface area is 69.8 Å². The summed E-state index contributed by atoms with van der Waals surface area (Å²) in [5.41, 5.74) is 0. The molecule has 0 aliphatic carbocycles. The van der Waals surface area contributed by atoms with Crippen molar-refractivity contribution in [3.63, 3.8) is 0 Å². The van der Waals surface area contributed by atoms with Gasteiger partial charge in [-0.1, -0.05) is 12.8 Å². The second-order valence-electron chi connectivity index (χ2n) is 2.38. The van der Waals surface area contributed by atoms with Crippen molar-refractivity contribution in [3.8, 4) is 0 Å². The van der Waals surface area contributed by atoms with Gasteiger partial charge in [0.15, 0.2) is 9.76 Å². The molecular weight excluding hydrogens is 158 g/mol. The largest absolute Gasteiger partial charge is 0.427 e. The van der Waals surface area contributed by atoms with Crippen LogP contribution in [0.1, 0.15) is 19.3 Å². The number of rotatable bonds is 7. The van der Waals surface area contributed by atoms with E-state index in [-0.39, 0.29) is 9.76 Å². The third kappa shape index (κ3) is 9.56. The molecule has 0 saturated heterocycles. The minimum atomic E-state index is -0.226. The molecule has 0 aromatic heterocycles. The maximum atomic E-state index is 9.64. The summed E-state index contributed by atoms with van der Waals surface area (Å²) in [5, 5.41) is 0. The first-order valence-corrected chi connectivity index (χ1v) is 5.52. The highest BCUT2D eigenvalue weighted by molar-refractivity contribution is 6.26. The van der Waals surface area contributed by atoms with Gasteiger partial charge < -0.3 is 4.43 Å². The molecule has 64 valence electrons. The second-order valence-corrected chi connectivity index (χ2v) is 4.07. The van der Waals surface area contributed by atoms with Gasteiger partial charge in [0.1, 0.15) is 0 Å². The second kappa shape index (κ2) is 9.56. The van der Waals surface area contributed by atoms with Crippen molar-refractivity contribution in [3.05, 3.63) is 0 Å². The molecule has 0 aromatic rings. The number of hydrogen-bond acceptors (Lipinski definition) is 3. The number of hydrogen-bond donors (Lipinski definition) is 0. The van der Waals surface area contributed by atoms with E-state index < -0.39 is 0 Å². The van der Waals surface area contributed by atoms with Gasteiger partial charge in [-0.2, -0.15) is 0 Å². The van der Waals surface area contributed by atoms with Gasteiger partial charge in [0.2, 0.25) is 6.08 Å². The Kier molecular flexibility index (Phi) is 9.17. The average molecular weight is 173 g/mol. The standard InChI is InChI=1S/C7H15NO2Si/c1-10-11-6-4-2-3-5-8-7-9/h2-6,11H2,1H3. The van der Waals surface area contributed by atoms with Gasteiger partial charge in [0.05, 0.1) is 6.54 Å². The Morgan fingerprint density at radius 3 is 2.91 bits per heavy atom. The lowest BCUT2D eigenvalue weighted by Gasteiger charge is -1.96. The fourth-order valence-electron chi connectivity index (χ4n) is 0.836. The minimum absolute atomic E-state index is 0.226. The summed E-state index contributed by atoms with van der Waals surface area (Å²) in [6, 6.07) is 1.24. The molecule has 0 heterocycles. The molecule has 0 spiro atoms. The van der Waals surface area contributed by atoms with Crippen molar-refractivity contribution in [2.45, 2.75) is 25.3 Å². The summed E-state index contributed by atoms with van der Waals surface area (Å²) in [6.45, 7) is 0.637. The predicted octanol–water partition coefficient (Wildman–Crippen LogP) is 0.641. The van der Waals surface area contributed by atoms with E-state index in [2.05, 4.69) is 4.99 Å². The van der Waals surface area contributed by atoms with Crippen LogP contribution in [0.25, 0.3) is 0 Å². The topological polar surface area (TPSA) is 38.7 Å². The number of nitrogens with zero attached hydrogens (tertiary/aromatic N) is 1. The van der Waals surface area contributed by atoms with E-state index in [0.717, 1.165) is 12.8 Å². The molecule has 0 N–H and O–H groups in total. The normalized spacial score (nSPS) is 10.3. The first-order chi connectivity index (χ1) is 5.41. The van der Waals surface area contributed by atoms with Crippen LogP contribution >= 0.6 is 0 Å². The Bertz CT molecular complexity index is 124. The molecule has 3 nitrogen and oxygen atoms in total. The van der Waals surface area contributed by atoms with E-state index in [9.17, 15) is 4.79 Å². The van der Waals surface area contributed by atoms with Gasteiger partial charge in [-0.25, -0.2) is 9.79 Å². The first kappa shape index (κ1) is 10.6. The molecule has 0 fully saturated rings. The van der Waals surface area contributed by atoms with Crippen LogP contribution in [0.3, 0.4) is 0 Å². The van der Waals surface area contributed by atoms with E-state index in [4.69, 9.17) is 4.43 Å². The molecule has 0 aliphatic rings. The van der Waals surface area contributed by atoms with Crippen LogP contribution in [0.5, 0.6) is 0 Å². The summed E-state index contributed by atoms with van der Waals surface area (Å²) in [7, 11) is 1.54. The Morgan fingerprint density at radius 2 is 2.27 bits per heavy atom. The number of isocyanates is 1. The van der Waals surface area contributed by atoms with Crippen molar-refractivity contribution in [2.75, 3.05) is 13.7 Å². The molecule has 0 saturated carbocycles. The summed E-state index contributed by atoms with van der Waals surface area (Å²) in [6.07, 6.45) is 4.91. The van der Waals surface area contributed by atoms with Crippen molar-refractivity contribution in [1.82, 2.24) is 0 Å². The highest BCUT2D eigenvalue weighted by atomic mass is 28.2. The number of unbranched alkanes of at least 4 members (excludes halogenated alkanes) is 2. The lowest BCUT2D eigenvalue weighted by molar-refractivity contribution is 0.438.